The van der Waals surface area contributed by atoms with Crippen molar-refractivity contribution in [3.05, 3.63) is 66.1 Å². The van der Waals surface area contributed by atoms with Crippen molar-refractivity contribution in [1.82, 2.24) is 15.0 Å². The van der Waals surface area contributed by atoms with Gasteiger partial charge in [-0.1, -0.05) is 0 Å². The zero-order valence-corrected chi connectivity index (χ0v) is 16.3. The zero-order chi connectivity index (χ0) is 19.9. The van der Waals surface area contributed by atoms with E-state index >= 15 is 0 Å². The van der Waals surface area contributed by atoms with E-state index in [-0.39, 0.29) is 5.91 Å². The van der Waals surface area contributed by atoms with E-state index < -0.39 is 0 Å². The number of nitrogens with one attached hydrogen (secondary N) is 2. The predicted molar refractivity (Wildman–Crippen MR) is 112 cm³/mol. The molecule has 2 heterocycles. The summed E-state index contributed by atoms with van der Waals surface area (Å²) in [5, 5.41) is 6.05. The number of nitrogens with zero attached hydrogens (tertiary/aromatic N) is 4. The fraction of sp³-hybridized carbons (Fsp3) is 0.238. The van der Waals surface area contributed by atoms with E-state index in [1.165, 1.54) is 12.5 Å². The molecular weight excluding hydrogens is 352 g/mol. The van der Waals surface area contributed by atoms with E-state index in [0.717, 1.165) is 35.9 Å². The highest BCUT2D eigenvalue weighted by Gasteiger charge is 2.08. The van der Waals surface area contributed by atoms with Gasteiger partial charge in [-0.3, -0.25) is 9.78 Å². The molecule has 0 unspecified atom stereocenters. The third-order valence-electron chi connectivity index (χ3n) is 4.15. The SMILES string of the molecule is CC(=O)Nc1ccc(Nc2cc(C)nc(N(C)CCc3ccncc3)n2)cc1. The number of carbonyl (C=O) groups is 1. The Bertz CT molecular complexity index is 927. The maximum atomic E-state index is 11.1. The molecule has 1 amide bonds. The Kier molecular flexibility index (Phi) is 6.16. The molecule has 2 aromatic heterocycles. The average Bonchev–Trinajstić information content (AvgIpc) is 2.67. The molecule has 0 aliphatic rings. The van der Waals surface area contributed by atoms with Crippen LogP contribution in [0.25, 0.3) is 0 Å². The lowest BCUT2D eigenvalue weighted by Gasteiger charge is -2.18. The first-order valence-corrected chi connectivity index (χ1v) is 9.10. The van der Waals surface area contributed by atoms with Crippen molar-refractivity contribution >= 4 is 29.0 Å². The summed E-state index contributed by atoms with van der Waals surface area (Å²) < 4.78 is 0. The molecule has 3 aromatic rings. The third kappa shape index (κ3) is 5.51. The molecule has 0 spiro atoms. The molecule has 0 atom stereocenters. The molecule has 28 heavy (non-hydrogen) atoms. The van der Waals surface area contributed by atoms with Gasteiger partial charge in [0, 0.05) is 56.0 Å². The van der Waals surface area contributed by atoms with Crippen LogP contribution in [0.1, 0.15) is 18.2 Å². The largest absolute Gasteiger partial charge is 0.343 e. The topological polar surface area (TPSA) is 83.0 Å². The van der Waals surface area contributed by atoms with E-state index in [0.29, 0.717) is 5.95 Å². The van der Waals surface area contributed by atoms with Crippen molar-refractivity contribution in [3.63, 3.8) is 0 Å². The Labute approximate surface area is 164 Å². The first kappa shape index (κ1) is 19.3. The van der Waals surface area contributed by atoms with Crippen LogP contribution >= 0.6 is 0 Å². The van der Waals surface area contributed by atoms with Gasteiger partial charge in [-0.25, -0.2) is 4.98 Å². The second-order valence-corrected chi connectivity index (χ2v) is 6.61. The third-order valence-corrected chi connectivity index (χ3v) is 4.15. The molecule has 0 bridgehead atoms. The smallest absolute Gasteiger partial charge is 0.227 e. The van der Waals surface area contributed by atoms with Gasteiger partial charge in [0.05, 0.1) is 0 Å². The number of pyridine rings is 1. The summed E-state index contributed by atoms with van der Waals surface area (Å²) in [5.74, 6) is 1.31. The van der Waals surface area contributed by atoms with Crippen LogP contribution in [0.4, 0.5) is 23.1 Å². The van der Waals surface area contributed by atoms with Crippen LogP contribution in [0.2, 0.25) is 0 Å². The number of hydrogen-bond acceptors (Lipinski definition) is 6. The molecule has 3 rings (SSSR count). The van der Waals surface area contributed by atoms with Crippen LogP contribution in [0.15, 0.2) is 54.9 Å². The van der Waals surface area contributed by atoms with Crippen molar-refractivity contribution in [2.45, 2.75) is 20.3 Å². The van der Waals surface area contributed by atoms with Gasteiger partial charge in [0.25, 0.3) is 0 Å². The first-order chi connectivity index (χ1) is 13.5. The summed E-state index contributed by atoms with van der Waals surface area (Å²) in [4.78, 5) is 26.4. The molecule has 0 saturated carbocycles. The number of likely N-dealkylation sites (N-methyl/N-ethyl adjacent to an activating group) is 1. The Balaban J connectivity index is 1.67. The molecule has 0 fully saturated rings. The fourth-order valence-corrected chi connectivity index (χ4v) is 2.72. The van der Waals surface area contributed by atoms with E-state index in [1.54, 1.807) is 12.4 Å². The van der Waals surface area contributed by atoms with Crippen LogP contribution in [0.5, 0.6) is 0 Å². The van der Waals surface area contributed by atoms with Gasteiger partial charge >= 0.3 is 0 Å². The molecule has 7 heteroatoms. The predicted octanol–water partition coefficient (Wildman–Crippen LogP) is 3.56. The number of rotatable bonds is 7. The molecular formula is C21H24N6O. The normalized spacial score (nSPS) is 10.4. The lowest BCUT2D eigenvalue weighted by molar-refractivity contribution is -0.114. The van der Waals surface area contributed by atoms with Crippen molar-refractivity contribution < 1.29 is 4.79 Å². The highest BCUT2D eigenvalue weighted by atomic mass is 16.1. The van der Waals surface area contributed by atoms with Gasteiger partial charge in [0.2, 0.25) is 11.9 Å². The quantitative estimate of drug-likeness (QED) is 0.656. The Hall–Kier alpha value is -3.48. The van der Waals surface area contributed by atoms with Crippen molar-refractivity contribution in [2.75, 3.05) is 29.1 Å². The minimum Gasteiger partial charge on any atom is -0.343 e. The van der Waals surface area contributed by atoms with Gasteiger partial charge in [0.1, 0.15) is 5.82 Å². The number of hydrogen-bond donors (Lipinski definition) is 2. The summed E-state index contributed by atoms with van der Waals surface area (Å²) in [7, 11) is 1.99. The standard InChI is InChI=1S/C21H24N6O/c1-15-14-20(25-19-6-4-18(5-7-19)24-16(2)28)26-21(23-15)27(3)13-10-17-8-11-22-12-9-17/h4-9,11-12,14H,10,13H2,1-3H3,(H,24,28)(H,23,25,26). The summed E-state index contributed by atoms with van der Waals surface area (Å²) in [6, 6.07) is 13.4. The zero-order valence-electron chi connectivity index (χ0n) is 16.3. The molecule has 1 aromatic carbocycles. The van der Waals surface area contributed by atoms with Gasteiger partial charge in [-0.05, 0) is 55.3 Å². The summed E-state index contributed by atoms with van der Waals surface area (Å²) in [6.07, 6.45) is 4.50. The number of aromatic nitrogens is 3. The molecule has 144 valence electrons. The second kappa shape index (κ2) is 8.94. The molecule has 7 nitrogen and oxygen atoms in total. The number of anilines is 4. The van der Waals surface area contributed by atoms with Crippen molar-refractivity contribution in [3.8, 4) is 0 Å². The lowest BCUT2D eigenvalue weighted by Crippen LogP contribution is -2.23. The molecule has 0 aliphatic carbocycles. The second-order valence-electron chi connectivity index (χ2n) is 6.61. The minimum atomic E-state index is -0.0911. The molecule has 0 saturated heterocycles. The molecule has 0 aliphatic heterocycles. The van der Waals surface area contributed by atoms with Crippen LogP contribution in [0.3, 0.4) is 0 Å². The number of benzene rings is 1. The van der Waals surface area contributed by atoms with Gasteiger partial charge in [-0.2, -0.15) is 4.98 Å². The average molecular weight is 376 g/mol. The van der Waals surface area contributed by atoms with Crippen LogP contribution in [0, 0.1) is 6.92 Å². The summed E-state index contributed by atoms with van der Waals surface area (Å²) >= 11 is 0. The van der Waals surface area contributed by atoms with Gasteiger partial charge < -0.3 is 15.5 Å². The maximum Gasteiger partial charge on any atom is 0.227 e. The number of aryl methyl sites for hydroxylation is 1. The monoisotopic (exact) mass is 376 g/mol. The molecule has 2 N–H and O–H groups in total. The van der Waals surface area contributed by atoms with E-state index in [4.69, 9.17) is 0 Å². The number of amides is 1. The van der Waals surface area contributed by atoms with Crippen molar-refractivity contribution in [1.29, 1.82) is 0 Å². The van der Waals surface area contributed by atoms with Crippen LogP contribution in [-0.2, 0) is 11.2 Å². The Morgan fingerprint density at radius 3 is 2.39 bits per heavy atom. The highest BCUT2D eigenvalue weighted by Crippen LogP contribution is 2.20. The van der Waals surface area contributed by atoms with E-state index in [2.05, 4.69) is 25.6 Å². The van der Waals surface area contributed by atoms with Gasteiger partial charge in [-0.15, -0.1) is 0 Å². The molecule has 0 radical (unpaired) electrons. The van der Waals surface area contributed by atoms with E-state index in [9.17, 15) is 4.79 Å². The van der Waals surface area contributed by atoms with E-state index in [1.807, 2.05) is 61.3 Å². The fourth-order valence-electron chi connectivity index (χ4n) is 2.72. The summed E-state index contributed by atoms with van der Waals surface area (Å²) in [5.41, 5.74) is 3.76. The van der Waals surface area contributed by atoms with Gasteiger partial charge in [0.15, 0.2) is 0 Å². The van der Waals surface area contributed by atoms with Crippen LogP contribution in [-0.4, -0.2) is 34.5 Å². The van der Waals surface area contributed by atoms with Crippen molar-refractivity contribution in [2.24, 2.45) is 0 Å². The maximum absolute atomic E-state index is 11.1. The Morgan fingerprint density at radius 1 is 1.04 bits per heavy atom. The number of carbonyl (C=O) groups excluding carboxylic acids is 1. The minimum absolute atomic E-state index is 0.0911. The first-order valence-electron chi connectivity index (χ1n) is 9.10. The summed E-state index contributed by atoms with van der Waals surface area (Å²) in [6.45, 7) is 4.24. The lowest BCUT2D eigenvalue weighted by atomic mass is 10.2. The van der Waals surface area contributed by atoms with Crippen LogP contribution < -0.4 is 15.5 Å². The highest BCUT2D eigenvalue weighted by molar-refractivity contribution is 5.88. The Morgan fingerprint density at radius 2 is 1.71 bits per heavy atom.